The zero-order valence-corrected chi connectivity index (χ0v) is 9.62. The van der Waals surface area contributed by atoms with E-state index < -0.39 is 0 Å². The number of amides is 1. The van der Waals surface area contributed by atoms with Gasteiger partial charge in [0.15, 0.2) is 5.16 Å². The minimum Gasteiger partial charge on any atom is -0.390 e. The van der Waals surface area contributed by atoms with Crippen molar-refractivity contribution in [3.8, 4) is 0 Å². The quantitative estimate of drug-likeness (QED) is 0.710. The van der Waals surface area contributed by atoms with Crippen molar-refractivity contribution in [1.29, 1.82) is 0 Å². The van der Waals surface area contributed by atoms with E-state index in [1.807, 2.05) is 6.92 Å². The van der Waals surface area contributed by atoms with Crippen molar-refractivity contribution in [1.82, 2.24) is 9.55 Å². The van der Waals surface area contributed by atoms with Crippen LogP contribution in [0.3, 0.4) is 0 Å². The van der Waals surface area contributed by atoms with E-state index in [2.05, 4.69) is 4.98 Å². The summed E-state index contributed by atoms with van der Waals surface area (Å²) in [5.74, 6) is -0.337. The molecule has 1 unspecified atom stereocenters. The van der Waals surface area contributed by atoms with E-state index in [0.717, 1.165) is 5.69 Å². The average Bonchev–Trinajstić information content (AvgIpc) is 2.55. The van der Waals surface area contributed by atoms with Crippen LogP contribution < -0.4 is 5.73 Å². The van der Waals surface area contributed by atoms with Crippen molar-refractivity contribution in [2.24, 2.45) is 12.8 Å². The molecule has 0 spiro atoms. The van der Waals surface area contributed by atoms with E-state index in [1.54, 1.807) is 17.8 Å². The van der Waals surface area contributed by atoms with Gasteiger partial charge < -0.3 is 15.4 Å². The molecule has 0 radical (unpaired) electrons. The Morgan fingerprint density at radius 2 is 2.47 bits per heavy atom. The van der Waals surface area contributed by atoms with E-state index >= 15 is 0 Å². The summed E-state index contributed by atoms with van der Waals surface area (Å²) in [4.78, 5) is 15.2. The Labute approximate surface area is 92.7 Å². The number of rotatable bonds is 5. The van der Waals surface area contributed by atoms with Crippen molar-refractivity contribution in [3.05, 3.63) is 11.9 Å². The highest BCUT2D eigenvalue weighted by Crippen LogP contribution is 2.24. The van der Waals surface area contributed by atoms with Crippen LogP contribution >= 0.6 is 11.8 Å². The molecule has 1 atom stereocenters. The number of aliphatic hydroxyl groups excluding tert-OH is 1. The molecular formula is C9H15N3O2S. The van der Waals surface area contributed by atoms with Crippen molar-refractivity contribution in [3.63, 3.8) is 0 Å². The maximum atomic E-state index is 11.0. The van der Waals surface area contributed by atoms with Crippen molar-refractivity contribution in [2.75, 3.05) is 0 Å². The van der Waals surface area contributed by atoms with E-state index in [1.165, 1.54) is 11.8 Å². The second kappa shape index (κ2) is 5.18. The van der Waals surface area contributed by atoms with Crippen LogP contribution in [-0.2, 0) is 18.4 Å². The molecule has 6 heteroatoms. The molecular weight excluding hydrogens is 214 g/mol. The van der Waals surface area contributed by atoms with Gasteiger partial charge in [0.25, 0.3) is 0 Å². The molecule has 5 nitrogen and oxygen atoms in total. The molecule has 3 N–H and O–H groups in total. The first-order chi connectivity index (χ1) is 7.10. The number of imidazole rings is 1. The molecule has 1 rings (SSSR count). The zero-order valence-electron chi connectivity index (χ0n) is 8.80. The van der Waals surface area contributed by atoms with Gasteiger partial charge in [0, 0.05) is 7.05 Å². The predicted molar refractivity (Wildman–Crippen MR) is 58.3 cm³/mol. The fourth-order valence-corrected chi connectivity index (χ4v) is 2.08. The number of hydrogen-bond donors (Lipinski definition) is 2. The number of nitrogens with two attached hydrogens (primary N) is 1. The number of thioether (sulfide) groups is 1. The zero-order chi connectivity index (χ0) is 11.4. The van der Waals surface area contributed by atoms with Gasteiger partial charge in [-0.1, -0.05) is 18.7 Å². The van der Waals surface area contributed by atoms with Crippen molar-refractivity contribution in [2.45, 2.75) is 30.4 Å². The first-order valence-corrected chi connectivity index (χ1v) is 5.55. The van der Waals surface area contributed by atoms with Crippen LogP contribution in [0.15, 0.2) is 11.4 Å². The number of hydrogen-bond acceptors (Lipinski definition) is 4. The fourth-order valence-electron chi connectivity index (χ4n) is 1.15. The van der Waals surface area contributed by atoms with Crippen LogP contribution in [0.1, 0.15) is 19.0 Å². The first kappa shape index (κ1) is 12.1. The summed E-state index contributed by atoms with van der Waals surface area (Å²) in [6.45, 7) is 1.84. The molecule has 1 aromatic heterocycles. The first-order valence-electron chi connectivity index (χ1n) is 4.67. The summed E-state index contributed by atoms with van der Waals surface area (Å²) in [5.41, 5.74) is 5.96. The number of carbonyl (C=O) groups is 1. The van der Waals surface area contributed by atoms with Gasteiger partial charge in [-0.05, 0) is 6.42 Å². The molecule has 0 saturated heterocycles. The third kappa shape index (κ3) is 2.73. The molecule has 0 saturated carbocycles. The van der Waals surface area contributed by atoms with Crippen LogP contribution in [0.25, 0.3) is 0 Å². The molecule has 0 aliphatic carbocycles. The van der Waals surface area contributed by atoms with Gasteiger partial charge >= 0.3 is 0 Å². The monoisotopic (exact) mass is 229 g/mol. The topological polar surface area (TPSA) is 81.1 Å². The van der Waals surface area contributed by atoms with E-state index in [9.17, 15) is 4.79 Å². The van der Waals surface area contributed by atoms with E-state index in [4.69, 9.17) is 10.8 Å². The minimum absolute atomic E-state index is 0.0581. The second-order valence-corrected chi connectivity index (χ2v) is 4.34. The highest BCUT2D eigenvalue weighted by atomic mass is 32.2. The molecule has 0 aliphatic rings. The Morgan fingerprint density at radius 3 is 2.87 bits per heavy atom. The maximum absolute atomic E-state index is 11.0. The Morgan fingerprint density at radius 1 is 1.80 bits per heavy atom. The van der Waals surface area contributed by atoms with Crippen LogP contribution in [0.5, 0.6) is 0 Å². The summed E-state index contributed by atoms with van der Waals surface area (Å²) < 4.78 is 1.76. The number of carbonyl (C=O) groups excluding carboxylic acids is 1. The summed E-state index contributed by atoms with van der Waals surface area (Å²) in [5, 5.41) is 9.40. The number of aromatic nitrogens is 2. The summed E-state index contributed by atoms with van der Waals surface area (Å²) in [7, 11) is 1.80. The Bertz CT molecular complexity index is 351. The molecule has 0 fully saturated rings. The van der Waals surface area contributed by atoms with Crippen molar-refractivity contribution < 1.29 is 9.90 Å². The van der Waals surface area contributed by atoms with Crippen molar-refractivity contribution >= 4 is 17.7 Å². The average molecular weight is 229 g/mol. The second-order valence-electron chi connectivity index (χ2n) is 3.17. The Kier molecular flexibility index (Phi) is 4.16. The number of nitrogens with zero attached hydrogens (tertiary/aromatic N) is 2. The normalized spacial score (nSPS) is 12.7. The summed E-state index contributed by atoms with van der Waals surface area (Å²) in [6, 6.07) is 0. The van der Waals surface area contributed by atoms with Gasteiger partial charge in [-0.3, -0.25) is 4.79 Å². The molecule has 0 bridgehead atoms. The number of primary amides is 1. The van der Waals surface area contributed by atoms with E-state index in [0.29, 0.717) is 11.6 Å². The lowest BCUT2D eigenvalue weighted by Crippen LogP contribution is -2.25. The largest absolute Gasteiger partial charge is 0.390 e. The lowest BCUT2D eigenvalue weighted by atomic mass is 10.3. The molecule has 1 aromatic rings. The van der Waals surface area contributed by atoms with Gasteiger partial charge in [-0.25, -0.2) is 4.98 Å². The smallest absolute Gasteiger partial charge is 0.231 e. The lowest BCUT2D eigenvalue weighted by Gasteiger charge is -2.10. The highest BCUT2D eigenvalue weighted by molar-refractivity contribution is 8.00. The molecule has 1 amide bonds. The molecule has 84 valence electrons. The van der Waals surface area contributed by atoms with Gasteiger partial charge in [-0.2, -0.15) is 0 Å². The highest BCUT2D eigenvalue weighted by Gasteiger charge is 2.17. The van der Waals surface area contributed by atoms with Crippen LogP contribution in [-0.4, -0.2) is 25.8 Å². The standard InChI is InChI=1S/C9H15N3O2S/c1-3-7(8(10)14)15-9-11-4-6(5-13)12(9)2/h4,7,13H,3,5H2,1-2H3,(H2,10,14). The Balaban J connectivity index is 2.79. The van der Waals surface area contributed by atoms with Crippen LogP contribution in [0.4, 0.5) is 0 Å². The molecule has 0 aliphatic heterocycles. The minimum atomic E-state index is -0.337. The Hall–Kier alpha value is -1.01. The SMILES string of the molecule is CCC(Sc1ncc(CO)n1C)C(N)=O. The number of aliphatic hydroxyl groups is 1. The molecule has 1 heterocycles. The summed E-state index contributed by atoms with van der Waals surface area (Å²) in [6.07, 6.45) is 2.26. The van der Waals surface area contributed by atoms with Gasteiger partial charge in [0.05, 0.1) is 23.7 Å². The third-order valence-electron chi connectivity index (χ3n) is 2.14. The van der Waals surface area contributed by atoms with Gasteiger partial charge in [0.2, 0.25) is 5.91 Å². The van der Waals surface area contributed by atoms with Crippen LogP contribution in [0, 0.1) is 0 Å². The summed E-state index contributed by atoms with van der Waals surface area (Å²) >= 11 is 1.33. The molecule has 0 aromatic carbocycles. The third-order valence-corrected chi connectivity index (χ3v) is 3.58. The lowest BCUT2D eigenvalue weighted by molar-refractivity contribution is -0.117. The predicted octanol–water partition coefficient (Wildman–Crippen LogP) is 0.268. The van der Waals surface area contributed by atoms with Gasteiger partial charge in [-0.15, -0.1) is 0 Å². The fraction of sp³-hybridized carbons (Fsp3) is 0.556. The van der Waals surface area contributed by atoms with Crippen LogP contribution in [0.2, 0.25) is 0 Å². The molecule has 15 heavy (non-hydrogen) atoms. The van der Waals surface area contributed by atoms with E-state index in [-0.39, 0.29) is 17.8 Å². The maximum Gasteiger partial charge on any atom is 0.231 e. The van der Waals surface area contributed by atoms with Gasteiger partial charge in [0.1, 0.15) is 0 Å².